The Kier molecular flexibility index (Phi) is 4.91. The molecular formula is C18H25NO2. The van der Waals surface area contributed by atoms with Crippen LogP contribution in [0.5, 0.6) is 5.75 Å². The Morgan fingerprint density at radius 2 is 2.00 bits per heavy atom. The van der Waals surface area contributed by atoms with Crippen molar-refractivity contribution in [1.29, 1.82) is 0 Å². The van der Waals surface area contributed by atoms with E-state index in [-0.39, 0.29) is 0 Å². The lowest BCUT2D eigenvalue weighted by Gasteiger charge is -2.26. The van der Waals surface area contributed by atoms with Crippen molar-refractivity contribution in [2.75, 3.05) is 19.7 Å². The van der Waals surface area contributed by atoms with Crippen molar-refractivity contribution in [3.05, 3.63) is 29.8 Å². The number of para-hydroxylation sites is 1. The lowest BCUT2D eigenvalue weighted by molar-refractivity contribution is -0.119. The number of rotatable bonds is 5. The van der Waals surface area contributed by atoms with Crippen molar-refractivity contribution in [3.63, 3.8) is 0 Å². The van der Waals surface area contributed by atoms with Crippen LogP contribution in [0.2, 0.25) is 0 Å². The van der Waals surface area contributed by atoms with Gasteiger partial charge in [0.25, 0.3) is 0 Å². The predicted octanol–water partition coefficient (Wildman–Crippen LogP) is 3.29. The van der Waals surface area contributed by atoms with Gasteiger partial charge >= 0.3 is 0 Å². The van der Waals surface area contributed by atoms with Gasteiger partial charge in [0.1, 0.15) is 11.5 Å². The monoisotopic (exact) mass is 287 g/mol. The molecule has 3 rings (SSSR count). The summed E-state index contributed by atoms with van der Waals surface area (Å²) in [6, 6.07) is 8.17. The van der Waals surface area contributed by atoms with E-state index in [1.807, 2.05) is 18.2 Å². The van der Waals surface area contributed by atoms with Crippen molar-refractivity contribution in [2.24, 2.45) is 5.92 Å². The summed E-state index contributed by atoms with van der Waals surface area (Å²) in [7, 11) is 0. The van der Waals surface area contributed by atoms with Crippen LogP contribution in [0.4, 0.5) is 0 Å². The maximum absolute atomic E-state index is 12.3. The highest BCUT2D eigenvalue weighted by Gasteiger charge is 2.23. The molecule has 1 aromatic rings. The summed E-state index contributed by atoms with van der Waals surface area (Å²) < 4.78 is 5.67. The molecule has 3 heteroatoms. The molecule has 1 N–H and O–H groups in total. The molecule has 1 atom stereocenters. The van der Waals surface area contributed by atoms with Crippen LogP contribution >= 0.6 is 0 Å². The number of hydrogen-bond donors (Lipinski definition) is 1. The normalized spacial score (nSPS) is 22.4. The third-order valence-electron chi connectivity index (χ3n) is 4.85. The summed E-state index contributed by atoms with van der Waals surface area (Å²) in [5.41, 5.74) is 1.22. The van der Waals surface area contributed by atoms with Gasteiger partial charge in [0, 0.05) is 12.8 Å². The van der Waals surface area contributed by atoms with E-state index in [1.165, 1.54) is 18.4 Å². The molecule has 0 radical (unpaired) electrons. The molecule has 0 aliphatic carbocycles. The highest BCUT2D eigenvalue weighted by molar-refractivity contribution is 5.79. The molecule has 3 nitrogen and oxygen atoms in total. The summed E-state index contributed by atoms with van der Waals surface area (Å²) >= 11 is 0. The van der Waals surface area contributed by atoms with E-state index in [0.717, 1.165) is 50.6 Å². The Hall–Kier alpha value is -1.35. The number of Topliss-reactive ketones (excluding diaryl/α,β-unsaturated/α-hetero) is 1. The van der Waals surface area contributed by atoms with Gasteiger partial charge in [-0.25, -0.2) is 0 Å². The minimum Gasteiger partial charge on any atom is -0.493 e. The van der Waals surface area contributed by atoms with E-state index >= 15 is 0 Å². The van der Waals surface area contributed by atoms with Gasteiger partial charge in [-0.15, -0.1) is 0 Å². The summed E-state index contributed by atoms with van der Waals surface area (Å²) in [4.78, 5) is 12.3. The van der Waals surface area contributed by atoms with E-state index in [4.69, 9.17) is 4.74 Å². The fraction of sp³-hybridized carbons (Fsp3) is 0.611. The first-order chi connectivity index (χ1) is 10.3. The minimum atomic E-state index is 0.357. The van der Waals surface area contributed by atoms with Crippen LogP contribution in [-0.2, 0) is 4.79 Å². The van der Waals surface area contributed by atoms with Crippen LogP contribution in [0.3, 0.4) is 0 Å². The quantitative estimate of drug-likeness (QED) is 0.903. The van der Waals surface area contributed by atoms with Crippen molar-refractivity contribution in [2.45, 2.75) is 44.4 Å². The molecule has 0 spiro atoms. The highest BCUT2D eigenvalue weighted by Crippen LogP contribution is 2.36. The largest absolute Gasteiger partial charge is 0.493 e. The summed E-state index contributed by atoms with van der Waals surface area (Å²) in [6.07, 6.45) is 5.94. The van der Waals surface area contributed by atoms with Crippen LogP contribution in [0, 0.1) is 5.92 Å². The molecular weight excluding hydrogens is 262 g/mol. The van der Waals surface area contributed by atoms with Gasteiger partial charge < -0.3 is 10.1 Å². The number of ketones is 1. The Labute approximate surface area is 127 Å². The molecule has 0 saturated carbocycles. The number of ether oxygens (including phenoxy) is 1. The molecule has 2 aliphatic rings. The Morgan fingerprint density at radius 3 is 2.86 bits per heavy atom. The number of carbonyl (C=O) groups is 1. The molecule has 0 aromatic heterocycles. The SMILES string of the molecule is O=C(CCC1CCNCC1)CC1CCOc2ccccc21. The predicted molar refractivity (Wildman–Crippen MR) is 83.7 cm³/mol. The second-order valence-electron chi connectivity index (χ2n) is 6.35. The molecule has 21 heavy (non-hydrogen) atoms. The first-order valence-electron chi connectivity index (χ1n) is 8.27. The molecule has 1 aromatic carbocycles. The number of fused-ring (bicyclic) bond motifs is 1. The molecule has 2 aliphatic heterocycles. The van der Waals surface area contributed by atoms with Crippen molar-refractivity contribution in [3.8, 4) is 5.75 Å². The van der Waals surface area contributed by atoms with Gasteiger partial charge in [-0.05, 0) is 62.2 Å². The van der Waals surface area contributed by atoms with Gasteiger partial charge in [-0.3, -0.25) is 4.79 Å². The molecule has 1 unspecified atom stereocenters. The number of nitrogens with one attached hydrogen (secondary N) is 1. The first kappa shape index (κ1) is 14.6. The maximum atomic E-state index is 12.3. The van der Waals surface area contributed by atoms with E-state index in [0.29, 0.717) is 18.1 Å². The number of piperidine rings is 1. The number of benzene rings is 1. The lowest BCUT2D eigenvalue weighted by Crippen LogP contribution is -2.28. The Bertz CT molecular complexity index is 480. The third-order valence-corrected chi connectivity index (χ3v) is 4.85. The van der Waals surface area contributed by atoms with Crippen LogP contribution < -0.4 is 10.1 Å². The summed E-state index contributed by atoms with van der Waals surface area (Å²) in [6.45, 7) is 2.97. The van der Waals surface area contributed by atoms with E-state index in [9.17, 15) is 4.79 Å². The zero-order chi connectivity index (χ0) is 14.5. The summed E-state index contributed by atoms with van der Waals surface area (Å²) in [5.74, 6) is 2.50. The average molecular weight is 287 g/mol. The van der Waals surface area contributed by atoms with E-state index < -0.39 is 0 Å². The third kappa shape index (κ3) is 3.85. The van der Waals surface area contributed by atoms with Gasteiger partial charge in [0.2, 0.25) is 0 Å². The molecule has 2 heterocycles. The van der Waals surface area contributed by atoms with Crippen LogP contribution in [0.1, 0.15) is 50.0 Å². The molecule has 0 amide bonds. The zero-order valence-electron chi connectivity index (χ0n) is 12.6. The van der Waals surface area contributed by atoms with Gasteiger partial charge in [-0.2, -0.15) is 0 Å². The Balaban J connectivity index is 1.51. The molecule has 1 saturated heterocycles. The summed E-state index contributed by atoms with van der Waals surface area (Å²) in [5, 5.41) is 3.38. The topological polar surface area (TPSA) is 38.3 Å². The van der Waals surface area contributed by atoms with E-state index in [2.05, 4.69) is 11.4 Å². The Morgan fingerprint density at radius 1 is 1.19 bits per heavy atom. The van der Waals surface area contributed by atoms with E-state index in [1.54, 1.807) is 0 Å². The van der Waals surface area contributed by atoms with Crippen molar-refractivity contribution < 1.29 is 9.53 Å². The van der Waals surface area contributed by atoms with Crippen LogP contribution in [0.25, 0.3) is 0 Å². The molecule has 0 bridgehead atoms. The number of hydrogen-bond acceptors (Lipinski definition) is 3. The van der Waals surface area contributed by atoms with Gasteiger partial charge in [0.15, 0.2) is 0 Å². The number of carbonyl (C=O) groups excluding carboxylic acids is 1. The van der Waals surface area contributed by atoms with Gasteiger partial charge in [-0.1, -0.05) is 18.2 Å². The van der Waals surface area contributed by atoms with Crippen LogP contribution in [-0.4, -0.2) is 25.5 Å². The first-order valence-corrected chi connectivity index (χ1v) is 8.27. The minimum absolute atomic E-state index is 0.357. The fourth-order valence-corrected chi connectivity index (χ4v) is 3.54. The molecule has 114 valence electrons. The second kappa shape index (κ2) is 7.08. The standard InChI is InChI=1S/C18H25NO2/c20-16(6-5-14-7-10-19-11-8-14)13-15-9-12-21-18-4-2-1-3-17(15)18/h1-4,14-15,19H,5-13H2. The van der Waals surface area contributed by atoms with Crippen LogP contribution in [0.15, 0.2) is 24.3 Å². The molecule has 1 fully saturated rings. The lowest BCUT2D eigenvalue weighted by atomic mass is 9.86. The maximum Gasteiger partial charge on any atom is 0.133 e. The van der Waals surface area contributed by atoms with Crippen molar-refractivity contribution in [1.82, 2.24) is 5.32 Å². The fourth-order valence-electron chi connectivity index (χ4n) is 3.54. The second-order valence-corrected chi connectivity index (χ2v) is 6.35. The highest BCUT2D eigenvalue weighted by atomic mass is 16.5. The zero-order valence-corrected chi connectivity index (χ0v) is 12.6. The average Bonchev–Trinajstić information content (AvgIpc) is 2.54. The van der Waals surface area contributed by atoms with Gasteiger partial charge in [0.05, 0.1) is 6.61 Å². The van der Waals surface area contributed by atoms with Crippen molar-refractivity contribution >= 4 is 5.78 Å². The smallest absolute Gasteiger partial charge is 0.133 e.